The molecule has 3 atom stereocenters. The number of nitrogens with one attached hydrogen (secondary N) is 2. The zero-order valence-corrected chi connectivity index (χ0v) is 21.1. The maximum Gasteiger partial charge on any atom is 0.216 e. The molecule has 2 aromatic carbocycles. The summed E-state index contributed by atoms with van der Waals surface area (Å²) in [5, 5.41) is 0.264. The topological polar surface area (TPSA) is 66.1 Å². The number of benzene rings is 2. The van der Waals surface area contributed by atoms with Crippen LogP contribution in [-0.4, -0.2) is 59.8 Å². The normalized spacial score (nSPS) is 24.8. The van der Waals surface area contributed by atoms with E-state index in [1.54, 1.807) is 0 Å². The van der Waals surface area contributed by atoms with Crippen LogP contribution in [0.5, 0.6) is 11.5 Å². The molecule has 0 aromatic heterocycles. The average molecular weight is 505 g/mol. The highest BCUT2D eigenvalue weighted by Gasteiger charge is 2.42. The van der Waals surface area contributed by atoms with E-state index in [0.29, 0.717) is 13.2 Å². The van der Waals surface area contributed by atoms with Gasteiger partial charge in [0, 0.05) is 42.4 Å². The van der Waals surface area contributed by atoms with Gasteiger partial charge in [-0.05, 0) is 37.1 Å². The number of hydrogen-bond acceptors (Lipinski definition) is 8. The van der Waals surface area contributed by atoms with E-state index in [9.17, 15) is 4.79 Å². The molecule has 7 nitrogen and oxygen atoms in total. The molecule has 0 aliphatic carbocycles. The Morgan fingerprint density at radius 3 is 2.72 bits per heavy atom. The van der Waals surface area contributed by atoms with Gasteiger partial charge in [-0.3, -0.25) is 20.5 Å². The van der Waals surface area contributed by atoms with Crippen molar-refractivity contribution in [2.24, 2.45) is 5.92 Å². The van der Waals surface area contributed by atoms with Crippen molar-refractivity contribution in [2.45, 2.75) is 31.5 Å². The molecule has 0 amide bonds. The van der Waals surface area contributed by atoms with E-state index >= 15 is 0 Å². The molecule has 2 N–H and O–H groups in total. The number of rotatable bonds is 8. The number of carbonyl (C=O) groups excluding carboxylic acids is 1. The molecule has 2 aromatic rings. The van der Waals surface area contributed by atoms with E-state index < -0.39 is 0 Å². The highest BCUT2D eigenvalue weighted by Crippen LogP contribution is 2.40. The number of para-hydroxylation sites is 2. The lowest BCUT2D eigenvalue weighted by atomic mass is 9.96. The minimum Gasteiger partial charge on any atom is -0.486 e. The molecule has 0 radical (unpaired) electrons. The number of ether oxygens (including phenoxy) is 2. The number of nitrogens with zero attached hydrogens (tertiary/aromatic N) is 2. The lowest BCUT2D eigenvalue weighted by molar-refractivity contribution is -0.115. The molecule has 188 valence electrons. The quantitative estimate of drug-likeness (QED) is 0.566. The van der Waals surface area contributed by atoms with Gasteiger partial charge in [0.1, 0.15) is 18.8 Å². The zero-order chi connectivity index (χ0) is 24.3. The Balaban J connectivity index is 1.09. The minimum atomic E-state index is -0.0807. The van der Waals surface area contributed by atoms with Crippen LogP contribution in [0.3, 0.4) is 0 Å². The van der Waals surface area contributed by atoms with E-state index in [1.807, 2.05) is 24.3 Å². The summed E-state index contributed by atoms with van der Waals surface area (Å²) in [6.45, 7) is 4.61. The Morgan fingerprint density at radius 1 is 1.03 bits per heavy atom. The highest BCUT2D eigenvalue weighted by molar-refractivity contribution is 8.17. The number of hydrazine groups is 1. The Morgan fingerprint density at radius 2 is 1.83 bits per heavy atom. The zero-order valence-electron chi connectivity index (χ0n) is 20.3. The third kappa shape index (κ3) is 5.04. The first-order chi connectivity index (χ1) is 17.7. The molecule has 4 aliphatic rings. The highest BCUT2D eigenvalue weighted by atomic mass is 32.2. The van der Waals surface area contributed by atoms with Gasteiger partial charge in [-0.25, -0.2) is 0 Å². The van der Waals surface area contributed by atoms with Gasteiger partial charge in [-0.1, -0.05) is 60.3 Å². The van der Waals surface area contributed by atoms with E-state index in [4.69, 9.17) is 9.47 Å². The third-order valence-corrected chi connectivity index (χ3v) is 8.29. The van der Waals surface area contributed by atoms with Crippen LogP contribution in [0.15, 0.2) is 77.5 Å². The summed E-state index contributed by atoms with van der Waals surface area (Å²) in [5.74, 6) is 1.88. The largest absolute Gasteiger partial charge is 0.486 e. The fraction of sp³-hybridized carbons (Fsp3) is 0.393. The van der Waals surface area contributed by atoms with Crippen molar-refractivity contribution in [3.8, 4) is 11.5 Å². The molecule has 3 unspecified atom stereocenters. The van der Waals surface area contributed by atoms with E-state index in [2.05, 4.69) is 63.3 Å². The lowest BCUT2D eigenvalue weighted by Crippen LogP contribution is -2.49. The molecule has 4 aliphatic heterocycles. The van der Waals surface area contributed by atoms with Crippen LogP contribution in [-0.2, 0) is 11.3 Å². The molecule has 6 rings (SSSR count). The molecule has 0 spiro atoms. The SMILES string of the molecule is O=C1SC2=C(CNNC2)N2C=CC(CCCN(Cc3ccccc3)CC3COc4ccccc4O3)C12. The van der Waals surface area contributed by atoms with Crippen LogP contribution in [0.4, 0.5) is 0 Å². The Kier molecular flexibility index (Phi) is 7.01. The van der Waals surface area contributed by atoms with Crippen LogP contribution in [0.2, 0.25) is 0 Å². The number of fused-ring (bicyclic) bond motifs is 3. The van der Waals surface area contributed by atoms with Crippen molar-refractivity contribution >= 4 is 16.9 Å². The minimum absolute atomic E-state index is 0.0143. The molecular formula is C28H32N4O3S. The Hall–Kier alpha value is -2.78. The van der Waals surface area contributed by atoms with Crippen LogP contribution in [0.1, 0.15) is 18.4 Å². The van der Waals surface area contributed by atoms with E-state index in [1.165, 1.54) is 23.0 Å². The van der Waals surface area contributed by atoms with Crippen molar-refractivity contribution in [3.05, 3.63) is 83.0 Å². The van der Waals surface area contributed by atoms with E-state index in [0.717, 1.165) is 55.4 Å². The Bertz CT molecular complexity index is 1150. The molecule has 36 heavy (non-hydrogen) atoms. The smallest absolute Gasteiger partial charge is 0.216 e. The van der Waals surface area contributed by atoms with Crippen LogP contribution in [0, 0.1) is 5.92 Å². The predicted molar refractivity (Wildman–Crippen MR) is 141 cm³/mol. The summed E-state index contributed by atoms with van der Waals surface area (Å²) in [5.41, 5.74) is 8.89. The first-order valence-corrected chi connectivity index (χ1v) is 13.6. The Labute approximate surface area is 216 Å². The van der Waals surface area contributed by atoms with Crippen LogP contribution < -0.4 is 20.3 Å². The van der Waals surface area contributed by atoms with Crippen molar-refractivity contribution < 1.29 is 14.3 Å². The van der Waals surface area contributed by atoms with Crippen LogP contribution >= 0.6 is 11.8 Å². The summed E-state index contributed by atoms with van der Waals surface area (Å²) in [6.07, 6.45) is 6.34. The first-order valence-electron chi connectivity index (χ1n) is 12.8. The van der Waals surface area contributed by atoms with Gasteiger partial charge in [-0.2, -0.15) is 0 Å². The molecule has 0 bridgehead atoms. The van der Waals surface area contributed by atoms with Crippen molar-refractivity contribution in [1.29, 1.82) is 0 Å². The second-order valence-corrected chi connectivity index (χ2v) is 10.8. The maximum atomic E-state index is 13.0. The van der Waals surface area contributed by atoms with Gasteiger partial charge < -0.3 is 14.4 Å². The van der Waals surface area contributed by atoms with E-state index in [-0.39, 0.29) is 23.2 Å². The molecular weight excluding hydrogens is 472 g/mol. The average Bonchev–Trinajstić information content (AvgIpc) is 3.34. The summed E-state index contributed by atoms with van der Waals surface area (Å²) < 4.78 is 12.2. The van der Waals surface area contributed by atoms with Gasteiger partial charge in [-0.15, -0.1) is 0 Å². The van der Waals surface area contributed by atoms with Crippen LogP contribution in [0.25, 0.3) is 0 Å². The molecule has 4 heterocycles. The predicted octanol–water partition coefficient (Wildman–Crippen LogP) is 3.52. The van der Waals surface area contributed by atoms with Gasteiger partial charge in [0.05, 0.1) is 6.54 Å². The summed E-state index contributed by atoms with van der Waals surface area (Å²) in [6, 6.07) is 18.4. The van der Waals surface area contributed by atoms with Crippen molar-refractivity contribution in [2.75, 3.05) is 32.8 Å². The van der Waals surface area contributed by atoms with Crippen molar-refractivity contribution in [3.63, 3.8) is 0 Å². The van der Waals surface area contributed by atoms with Gasteiger partial charge >= 0.3 is 0 Å². The second kappa shape index (κ2) is 10.7. The summed E-state index contributed by atoms with van der Waals surface area (Å²) in [7, 11) is 0. The van der Waals surface area contributed by atoms with Crippen molar-refractivity contribution in [1.82, 2.24) is 20.7 Å². The third-order valence-electron chi connectivity index (χ3n) is 7.22. The van der Waals surface area contributed by atoms with Gasteiger partial charge in [0.25, 0.3) is 0 Å². The van der Waals surface area contributed by atoms with Gasteiger partial charge in [0.15, 0.2) is 11.5 Å². The maximum absolute atomic E-state index is 13.0. The summed E-state index contributed by atoms with van der Waals surface area (Å²) in [4.78, 5) is 18.8. The molecule has 0 saturated heterocycles. The van der Waals surface area contributed by atoms with Gasteiger partial charge in [0.2, 0.25) is 5.12 Å². The molecule has 0 saturated carbocycles. The molecule has 8 heteroatoms. The number of thioether (sulfide) groups is 1. The molecule has 0 fully saturated rings. The fourth-order valence-corrected chi connectivity index (χ4v) is 6.57. The standard InChI is InChI=1S/C28H32N4O3S/c33-28-27-21(12-14-32(27)23-15-29-30-16-26(23)36-28)9-6-13-31(17-20-7-2-1-3-8-20)18-22-19-34-24-10-4-5-11-25(24)35-22/h1-5,7-8,10-12,14,21-22,27,29-30H,6,9,13,15-19H2. The first kappa shape index (κ1) is 23.6. The monoisotopic (exact) mass is 504 g/mol. The number of carbonyl (C=O) groups is 1. The fourth-order valence-electron chi connectivity index (χ4n) is 5.48. The second-order valence-electron chi connectivity index (χ2n) is 9.72. The lowest BCUT2D eigenvalue weighted by Gasteiger charge is -2.38. The number of hydrogen-bond donors (Lipinski definition) is 2. The summed E-state index contributed by atoms with van der Waals surface area (Å²) >= 11 is 1.43.